The molecule has 1 aromatic rings. The van der Waals surface area contributed by atoms with Gasteiger partial charge >= 0.3 is 0 Å². The van der Waals surface area contributed by atoms with Gasteiger partial charge < -0.3 is 0 Å². The molecule has 0 aliphatic rings. The summed E-state index contributed by atoms with van der Waals surface area (Å²) in [5.41, 5.74) is 3.99. The molecule has 4 heteroatoms. The van der Waals surface area contributed by atoms with Crippen molar-refractivity contribution in [3.63, 3.8) is 0 Å². The topological polar surface area (TPSA) is 58.4 Å². The fraction of sp³-hybridized carbons (Fsp3) is 0.562. The molecule has 0 aliphatic carbocycles. The van der Waals surface area contributed by atoms with Crippen LogP contribution in [0, 0.1) is 0 Å². The molecule has 0 atom stereocenters. The summed E-state index contributed by atoms with van der Waals surface area (Å²) in [7, 11) is 0. The molecule has 20 heavy (non-hydrogen) atoms. The van der Waals surface area contributed by atoms with Gasteiger partial charge in [0.2, 0.25) is 0 Å². The number of nitrogens with two attached hydrogens (primary N) is 1. The molecule has 1 amide bonds. The number of hydrogen-bond donors (Lipinski definition) is 2. The molecule has 1 rings (SSSR count). The monoisotopic (exact) mass is 277 g/mol. The van der Waals surface area contributed by atoms with Gasteiger partial charge in [-0.3, -0.25) is 15.1 Å². The predicted molar refractivity (Wildman–Crippen MR) is 83.2 cm³/mol. The Hall–Kier alpha value is -1.39. The molecular weight excluding hydrogens is 250 g/mol. The number of nitrogens with zero attached hydrogens (tertiary/aromatic N) is 1. The van der Waals surface area contributed by atoms with Gasteiger partial charge in [0, 0.05) is 12.1 Å². The van der Waals surface area contributed by atoms with Crippen molar-refractivity contribution in [2.75, 3.05) is 13.1 Å². The molecule has 3 N–H and O–H groups in total. The molecule has 0 radical (unpaired) electrons. The number of nitrogens with one attached hydrogen (secondary N) is 1. The van der Waals surface area contributed by atoms with Crippen molar-refractivity contribution in [3.8, 4) is 0 Å². The van der Waals surface area contributed by atoms with E-state index in [-0.39, 0.29) is 5.91 Å². The fourth-order valence-electron chi connectivity index (χ4n) is 2.14. The van der Waals surface area contributed by atoms with Crippen LogP contribution in [-0.2, 0) is 6.54 Å². The highest BCUT2D eigenvalue weighted by atomic mass is 16.2. The number of nitrogen functional groups attached to an aromatic ring is 1. The van der Waals surface area contributed by atoms with Gasteiger partial charge in [-0.25, -0.2) is 5.84 Å². The van der Waals surface area contributed by atoms with Gasteiger partial charge in [-0.2, -0.15) is 0 Å². The van der Waals surface area contributed by atoms with Gasteiger partial charge in [-0.15, -0.1) is 0 Å². The highest BCUT2D eigenvalue weighted by Crippen LogP contribution is 2.09. The molecule has 0 bridgehead atoms. The number of hydrogen-bond acceptors (Lipinski definition) is 3. The zero-order valence-corrected chi connectivity index (χ0v) is 12.7. The normalized spacial score (nSPS) is 10.8. The largest absolute Gasteiger partial charge is 0.299 e. The van der Waals surface area contributed by atoms with Crippen molar-refractivity contribution >= 4 is 5.91 Å². The lowest BCUT2D eigenvalue weighted by molar-refractivity contribution is 0.0953. The third-order valence-electron chi connectivity index (χ3n) is 3.41. The lowest BCUT2D eigenvalue weighted by Crippen LogP contribution is -2.30. The van der Waals surface area contributed by atoms with E-state index in [1.54, 1.807) is 0 Å². The summed E-state index contributed by atoms with van der Waals surface area (Å²) in [6, 6.07) is 7.68. The van der Waals surface area contributed by atoms with E-state index in [9.17, 15) is 4.79 Å². The van der Waals surface area contributed by atoms with Crippen LogP contribution in [0.5, 0.6) is 0 Å². The second kappa shape index (κ2) is 9.50. The van der Waals surface area contributed by atoms with Crippen molar-refractivity contribution in [1.29, 1.82) is 0 Å². The van der Waals surface area contributed by atoms with Crippen LogP contribution < -0.4 is 11.3 Å². The minimum absolute atomic E-state index is 0.245. The zero-order chi connectivity index (χ0) is 14.8. The summed E-state index contributed by atoms with van der Waals surface area (Å²) in [4.78, 5) is 13.9. The Kier molecular flexibility index (Phi) is 7.92. The number of benzene rings is 1. The van der Waals surface area contributed by atoms with Crippen LogP contribution in [0.3, 0.4) is 0 Å². The molecule has 0 fully saturated rings. The molecule has 0 heterocycles. The van der Waals surface area contributed by atoms with Crippen LogP contribution in [0.4, 0.5) is 0 Å². The molecule has 0 spiro atoms. The Bertz CT molecular complexity index is 381. The van der Waals surface area contributed by atoms with Crippen molar-refractivity contribution in [2.45, 2.75) is 46.1 Å². The Morgan fingerprint density at radius 2 is 1.65 bits per heavy atom. The first-order valence-corrected chi connectivity index (χ1v) is 7.53. The summed E-state index contributed by atoms with van der Waals surface area (Å²) in [5, 5.41) is 0. The number of rotatable bonds is 9. The number of carbonyl (C=O) groups excluding carboxylic acids is 1. The van der Waals surface area contributed by atoms with Gasteiger partial charge in [-0.1, -0.05) is 38.8 Å². The zero-order valence-electron chi connectivity index (χ0n) is 12.7. The molecule has 1 aromatic carbocycles. The first-order valence-electron chi connectivity index (χ1n) is 7.53. The van der Waals surface area contributed by atoms with Crippen LogP contribution in [0.1, 0.15) is 55.5 Å². The van der Waals surface area contributed by atoms with E-state index in [4.69, 9.17) is 5.84 Å². The van der Waals surface area contributed by atoms with Crippen molar-refractivity contribution in [1.82, 2.24) is 10.3 Å². The van der Waals surface area contributed by atoms with Gasteiger partial charge in [0.1, 0.15) is 0 Å². The van der Waals surface area contributed by atoms with E-state index in [0.29, 0.717) is 5.56 Å². The SMILES string of the molecule is CCCCN(CCCC)Cc1ccc(C(=O)NN)cc1. The van der Waals surface area contributed by atoms with Crippen LogP contribution >= 0.6 is 0 Å². The fourth-order valence-corrected chi connectivity index (χ4v) is 2.14. The third-order valence-corrected chi connectivity index (χ3v) is 3.41. The minimum atomic E-state index is -0.245. The number of carbonyl (C=O) groups is 1. The smallest absolute Gasteiger partial charge is 0.265 e. The summed E-state index contributed by atoms with van der Waals surface area (Å²) < 4.78 is 0. The van der Waals surface area contributed by atoms with E-state index in [0.717, 1.165) is 19.6 Å². The Morgan fingerprint density at radius 3 is 2.10 bits per heavy atom. The van der Waals surface area contributed by atoms with Crippen molar-refractivity contribution in [2.24, 2.45) is 5.84 Å². The number of amides is 1. The molecule has 0 unspecified atom stereocenters. The third kappa shape index (κ3) is 5.72. The molecule has 4 nitrogen and oxygen atoms in total. The second-order valence-corrected chi connectivity index (χ2v) is 5.15. The maximum Gasteiger partial charge on any atom is 0.265 e. The Morgan fingerprint density at radius 1 is 1.10 bits per heavy atom. The molecule has 0 saturated carbocycles. The summed E-state index contributed by atoms with van der Waals surface area (Å²) in [6.07, 6.45) is 4.91. The quantitative estimate of drug-likeness (QED) is 0.414. The van der Waals surface area contributed by atoms with Crippen LogP contribution in [0.2, 0.25) is 0 Å². The Balaban J connectivity index is 2.60. The predicted octanol–water partition coefficient (Wildman–Crippen LogP) is 2.69. The van der Waals surface area contributed by atoms with E-state index in [2.05, 4.69) is 24.2 Å². The first-order chi connectivity index (χ1) is 9.71. The molecule has 0 aliphatic heterocycles. The van der Waals surface area contributed by atoms with Gasteiger partial charge in [-0.05, 0) is 43.6 Å². The lowest BCUT2D eigenvalue weighted by atomic mass is 10.1. The van der Waals surface area contributed by atoms with Crippen LogP contribution in [-0.4, -0.2) is 23.9 Å². The molecule has 112 valence electrons. The Labute approximate surface area is 122 Å². The van der Waals surface area contributed by atoms with E-state index >= 15 is 0 Å². The van der Waals surface area contributed by atoms with E-state index < -0.39 is 0 Å². The average Bonchev–Trinajstić information content (AvgIpc) is 2.49. The molecular formula is C16H27N3O. The average molecular weight is 277 g/mol. The van der Waals surface area contributed by atoms with E-state index in [1.807, 2.05) is 24.3 Å². The van der Waals surface area contributed by atoms with Gasteiger partial charge in [0.25, 0.3) is 5.91 Å². The van der Waals surface area contributed by atoms with Crippen LogP contribution in [0.15, 0.2) is 24.3 Å². The maximum atomic E-state index is 11.4. The molecule has 0 saturated heterocycles. The van der Waals surface area contributed by atoms with Crippen LogP contribution in [0.25, 0.3) is 0 Å². The number of unbranched alkanes of at least 4 members (excludes halogenated alkanes) is 2. The van der Waals surface area contributed by atoms with Crippen molar-refractivity contribution in [3.05, 3.63) is 35.4 Å². The van der Waals surface area contributed by atoms with Gasteiger partial charge in [0.05, 0.1) is 0 Å². The lowest BCUT2D eigenvalue weighted by Gasteiger charge is -2.22. The highest BCUT2D eigenvalue weighted by molar-refractivity contribution is 5.93. The van der Waals surface area contributed by atoms with Gasteiger partial charge in [0.15, 0.2) is 0 Å². The molecule has 0 aromatic heterocycles. The van der Waals surface area contributed by atoms with Crippen molar-refractivity contribution < 1.29 is 4.79 Å². The van der Waals surface area contributed by atoms with E-state index in [1.165, 1.54) is 31.2 Å². The number of hydrazine groups is 1. The minimum Gasteiger partial charge on any atom is -0.299 e. The standard InChI is InChI=1S/C16H27N3O/c1-3-5-11-19(12-6-4-2)13-14-7-9-15(10-8-14)16(20)18-17/h7-10H,3-6,11-13,17H2,1-2H3,(H,18,20). The maximum absolute atomic E-state index is 11.4. The first kappa shape index (κ1) is 16.7. The highest BCUT2D eigenvalue weighted by Gasteiger charge is 2.07. The summed E-state index contributed by atoms with van der Waals surface area (Å²) in [6.45, 7) is 7.67. The second-order valence-electron chi connectivity index (χ2n) is 5.15. The summed E-state index contributed by atoms with van der Waals surface area (Å²) in [5.74, 6) is 4.88. The summed E-state index contributed by atoms with van der Waals surface area (Å²) >= 11 is 0.